The van der Waals surface area contributed by atoms with Gasteiger partial charge in [0.25, 0.3) is 0 Å². The van der Waals surface area contributed by atoms with Crippen LogP contribution in [0.15, 0.2) is 0 Å². The quantitative estimate of drug-likeness (QED) is 0.456. The first kappa shape index (κ1) is 16.9. The predicted octanol–water partition coefficient (Wildman–Crippen LogP) is 3.39. The lowest BCUT2D eigenvalue weighted by Gasteiger charge is -2.11. The van der Waals surface area contributed by atoms with Crippen LogP contribution in [0, 0.1) is 5.92 Å². The van der Waals surface area contributed by atoms with Gasteiger partial charge in [0.05, 0.1) is 19.4 Å². The molecule has 0 saturated heterocycles. The van der Waals surface area contributed by atoms with Crippen LogP contribution in [-0.2, 0) is 14.3 Å². The molecule has 0 aliphatic carbocycles. The Hall–Kier alpha value is -1.06. The largest absolute Gasteiger partial charge is 0.481 e. The molecule has 18 heavy (non-hydrogen) atoms. The predicted molar refractivity (Wildman–Crippen MR) is 70.4 cm³/mol. The van der Waals surface area contributed by atoms with Crippen LogP contribution in [0.2, 0.25) is 0 Å². The van der Waals surface area contributed by atoms with Crippen molar-refractivity contribution in [2.75, 3.05) is 6.61 Å². The van der Waals surface area contributed by atoms with Gasteiger partial charge in [-0.2, -0.15) is 0 Å². The molecule has 0 aliphatic heterocycles. The van der Waals surface area contributed by atoms with Crippen molar-refractivity contribution in [3.63, 3.8) is 0 Å². The van der Waals surface area contributed by atoms with Gasteiger partial charge < -0.3 is 9.84 Å². The average molecular weight is 258 g/mol. The molecule has 0 aromatic carbocycles. The minimum absolute atomic E-state index is 0.0247. The summed E-state index contributed by atoms with van der Waals surface area (Å²) >= 11 is 0. The lowest BCUT2D eigenvalue weighted by atomic mass is 9.96. The molecular formula is C14H26O4. The Morgan fingerprint density at radius 2 is 1.72 bits per heavy atom. The fraction of sp³-hybridized carbons (Fsp3) is 0.857. The van der Waals surface area contributed by atoms with Crippen molar-refractivity contribution in [2.45, 2.75) is 65.2 Å². The van der Waals surface area contributed by atoms with Gasteiger partial charge in [-0.15, -0.1) is 0 Å². The number of esters is 1. The van der Waals surface area contributed by atoms with Crippen LogP contribution >= 0.6 is 0 Å². The van der Waals surface area contributed by atoms with E-state index in [-0.39, 0.29) is 12.8 Å². The van der Waals surface area contributed by atoms with E-state index in [1.807, 2.05) is 0 Å². The lowest BCUT2D eigenvalue weighted by Crippen LogP contribution is -2.08. The van der Waals surface area contributed by atoms with E-state index in [4.69, 9.17) is 9.84 Å². The van der Waals surface area contributed by atoms with E-state index in [0.717, 1.165) is 18.8 Å². The maximum Gasteiger partial charge on any atom is 0.306 e. The first-order valence-electron chi connectivity index (χ1n) is 6.97. The number of carboxylic acids is 1. The molecule has 0 amide bonds. The molecule has 0 heterocycles. The van der Waals surface area contributed by atoms with Crippen LogP contribution < -0.4 is 0 Å². The molecule has 0 aromatic heterocycles. The van der Waals surface area contributed by atoms with Crippen LogP contribution in [0.1, 0.15) is 65.2 Å². The van der Waals surface area contributed by atoms with E-state index < -0.39 is 11.9 Å². The molecule has 4 heteroatoms. The van der Waals surface area contributed by atoms with E-state index in [1.54, 1.807) is 0 Å². The van der Waals surface area contributed by atoms with E-state index >= 15 is 0 Å². The second kappa shape index (κ2) is 11.1. The third-order valence-electron chi connectivity index (χ3n) is 3.22. The van der Waals surface area contributed by atoms with Crippen LogP contribution in [0.4, 0.5) is 0 Å². The highest BCUT2D eigenvalue weighted by molar-refractivity contribution is 5.76. The zero-order valence-corrected chi connectivity index (χ0v) is 11.6. The summed E-state index contributed by atoms with van der Waals surface area (Å²) in [7, 11) is 0. The molecule has 0 unspecified atom stereocenters. The third kappa shape index (κ3) is 10.1. The van der Waals surface area contributed by atoms with Crippen molar-refractivity contribution in [1.82, 2.24) is 0 Å². The Morgan fingerprint density at radius 1 is 1.06 bits per heavy atom. The van der Waals surface area contributed by atoms with E-state index in [9.17, 15) is 9.59 Å². The SMILES string of the molecule is CCC(CC)CCCCCOC(=O)CCC(=O)O. The Kier molecular flexibility index (Phi) is 10.4. The maximum atomic E-state index is 11.1. The summed E-state index contributed by atoms with van der Waals surface area (Å²) in [6.45, 7) is 4.86. The summed E-state index contributed by atoms with van der Waals surface area (Å²) in [5, 5.41) is 8.39. The molecule has 0 rings (SSSR count). The zero-order valence-electron chi connectivity index (χ0n) is 11.6. The fourth-order valence-electron chi connectivity index (χ4n) is 1.88. The number of aliphatic carboxylic acids is 1. The number of hydrogen-bond donors (Lipinski definition) is 1. The first-order valence-corrected chi connectivity index (χ1v) is 6.97. The van der Waals surface area contributed by atoms with E-state index in [1.165, 1.54) is 25.7 Å². The summed E-state index contributed by atoms with van der Waals surface area (Å²) in [5.41, 5.74) is 0. The molecule has 0 radical (unpaired) electrons. The van der Waals surface area contributed by atoms with Gasteiger partial charge in [-0.25, -0.2) is 0 Å². The monoisotopic (exact) mass is 258 g/mol. The summed E-state index contributed by atoms with van der Waals surface area (Å²) in [6.07, 6.45) is 6.68. The van der Waals surface area contributed by atoms with Gasteiger partial charge in [0.15, 0.2) is 0 Å². The van der Waals surface area contributed by atoms with Crippen molar-refractivity contribution in [2.24, 2.45) is 5.92 Å². The molecule has 0 spiro atoms. The number of rotatable bonds is 11. The van der Waals surface area contributed by atoms with Crippen molar-refractivity contribution in [3.8, 4) is 0 Å². The zero-order chi connectivity index (χ0) is 13.8. The molecule has 0 bridgehead atoms. The highest BCUT2D eigenvalue weighted by Gasteiger charge is 2.06. The number of unbranched alkanes of at least 4 members (excludes halogenated alkanes) is 2. The van der Waals surface area contributed by atoms with Crippen LogP contribution in [0.5, 0.6) is 0 Å². The molecule has 0 aromatic rings. The lowest BCUT2D eigenvalue weighted by molar-refractivity contribution is -0.147. The Bertz CT molecular complexity index is 234. The third-order valence-corrected chi connectivity index (χ3v) is 3.22. The highest BCUT2D eigenvalue weighted by Crippen LogP contribution is 2.16. The highest BCUT2D eigenvalue weighted by atomic mass is 16.5. The number of carbonyl (C=O) groups excluding carboxylic acids is 1. The fourth-order valence-corrected chi connectivity index (χ4v) is 1.88. The van der Waals surface area contributed by atoms with Gasteiger partial charge >= 0.3 is 11.9 Å². The summed E-state index contributed by atoms with van der Waals surface area (Å²) in [5.74, 6) is -0.544. The Balaban J connectivity index is 3.34. The second-order valence-corrected chi connectivity index (χ2v) is 4.65. The van der Waals surface area contributed by atoms with Crippen molar-refractivity contribution in [3.05, 3.63) is 0 Å². The van der Waals surface area contributed by atoms with Crippen molar-refractivity contribution >= 4 is 11.9 Å². The summed E-state index contributed by atoms with van der Waals surface area (Å²) in [4.78, 5) is 21.3. The van der Waals surface area contributed by atoms with Gasteiger partial charge in [-0.05, 0) is 12.3 Å². The molecule has 0 atom stereocenters. The molecule has 1 N–H and O–H groups in total. The minimum Gasteiger partial charge on any atom is -0.481 e. The Labute approximate surface area is 110 Å². The van der Waals surface area contributed by atoms with Crippen LogP contribution in [0.25, 0.3) is 0 Å². The van der Waals surface area contributed by atoms with Gasteiger partial charge in [0, 0.05) is 0 Å². The second-order valence-electron chi connectivity index (χ2n) is 4.65. The smallest absolute Gasteiger partial charge is 0.306 e. The van der Waals surface area contributed by atoms with Gasteiger partial charge in [0.1, 0.15) is 0 Å². The van der Waals surface area contributed by atoms with E-state index in [2.05, 4.69) is 13.8 Å². The number of carbonyl (C=O) groups is 2. The normalized spacial score (nSPS) is 10.6. The van der Waals surface area contributed by atoms with Gasteiger partial charge in [-0.1, -0.05) is 46.0 Å². The van der Waals surface area contributed by atoms with Crippen LogP contribution in [0.3, 0.4) is 0 Å². The molecule has 4 nitrogen and oxygen atoms in total. The number of ether oxygens (including phenoxy) is 1. The van der Waals surface area contributed by atoms with Crippen LogP contribution in [-0.4, -0.2) is 23.7 Å². The standard InChI is InChI=1S/C14H26O4/c1-3-12(4-2)8-6-5-7-11-18-14(17)10-9-13(15)16/h12H,3-11H2,1-2H3,(H,15,16). The maximum absolute atomic E-state index is 11.1. The molecule has 0 aliphatic rings. The first-order chi connectivity index (χ1) is 8.60. The summed E-state index contributed by atoms with van der Waals surface area (Å²) in [6, 6.07) is 0. The average Bonchev–Trinajstić information content (AvgIpc) is 2.35. The number of carboxylic acid groups (broad SMARTS) is 1. The van der Waals surface area contributed by atoms with Gasteiger partial charge in [-0.3, -0.25) is 9.59 Å². The molecular weight excluding hydrogens is 232 g/mol. The molecule has 106 valence electrons. The van der Waals surface area contributed by atoms with Gasteiger partial charge in [0.2, 0.25) is 0 Å². The molecule has 0 saturated carbocycles. The Morgan fingerprint density at radius 3 is 2.28 bits per heavy atom. The summed E-state index contributed by atoms with van der Waals surface area (Å²) < 4.78 is 4.95. The van der Waals surface area contributed by atoms with Crippen molar-refractivity contribution in [1.29, 1.82) is 0 Å². The minimum atomic E-state index is -0.961. The topological polar surface area (TPSA) is 63.6 Å². The molecule has 0 fully saturated rings. The number of hydrogen-bond acceptors (Lipinski definition) is 3. The van der Waals surface area contributed by atoms with E-state index in [0.29, 0.717) is 6.61 Å². The van der Waals surface area contributed by atoms with Crippen molar-refractivity contribution < 1.29 is 19.4 Å².